The second-order valence-electron chi connectivity index (χ2n) is 5.99. The highest BCUT2D eigenvalue weighted by atomic mass is 32.1. The van der Waals surface area contributed by atoms with Gasteiger partial charge >= 0.3 is 6.18 Å². The quantitative estimate of drug-likeness (QED) is 0.454. The topological polar surface area (TPSA) is 77.0 Å². The molecule has 30 heavy (non-hydrogen) atoms. The minimum atomic E-state index is -4.44. The number of nitrogens with zero attached hydrogens (tertiary/aromatic N) is 2. The first-order chi connectivity index (χ1) is 14.3. The number of methoxy groups -OCH3 is 3. The Labute approximate surface area is 177 Å². The predicted molar refractivity (Wildman–Crippen MR) is 110 cm³/mol. The second-order valence-corrected chi connectivity index (χ2v) is 6.93. The summed E-state index contributed by atoms with van der Waals surface area (Å²) >= 11 is 0.934. The molecule has 0 saturated carbocycles. The highest BCUT2D eigenvalue weighted by Gasteiger charge is 2.33. The molecular formula is C19H25F3N4O3S. The van der Waals surface area contributed by atoms with Crippen molar-refractivity contribution in [2.75, 3.05) is 34.4 Å². The van der Waals surface area contributed by atoms with E-state index in [1.807, 2.05) is 13.0 Å². The van der Waals surface area contributed by atoms with Crippen LogP contribution in [-0.2, 0) is 19.1 Å². The normalized spacial score (nSPS) is 11.9. The number of halogens is 3. The van der Waals surface area contributed by atoms with E-state index in [0.29, 0.717) is 47.7 Å². The van der Waals surface area contributed by atoms with Gasteiger partial charge in [0.25, 0.3) is 0 Å². The highest BCUT2D eigenvalue weighted by Crippen LogP contribution is 2.39. The third-order valence-electron chi connectivity index (χ3n) is 4.03. The molecule has 1 heterocycles. The van der Waals surface area contributed by atoms with Crippen molar-refractivity contribution in [3.63, 3.8) is 0 Å². The fourth-order valence-corrected chi connectivity index (χ4v) is 3.40. The van der Waals surface area contributed by atoms with E-state index in [0.717, 1.165) is 22.3 Å². The highest BCUT2D eigenvalue weighted by molar-refractivity contribution is 7.09. The van der Waals surface area contributed by atoms with Crippen molar-refractivity contribution in [1.82, 2.24) is 15.6 Å². The molecule has 0 atom stereocenters. The number of ether oxygens (including phenoxy) is 3. The number of thiazole rings is 1. The van der Waals surface area contributed by atoms with Crippen LogP contribution in [0, 0.1) is 0 Å². The van der Waals surface area contributed by atoms with E-state index in [4.69, 9.17) is 14.2 Å². The van der Waals surface area contributed by atoms with Crippen LogP contribution in [0.4, 0.5) is 13.2 Å². The first-order valence-electron chi connectivity index (χ1n) is 9.15. The molecule has 0 aliphatic heterocycles. The van der Waals surface area contributed by atoms with Crippen LogP contribution in [0.25, 0.3) is 0 Å². The maximum atomic E-state index is 12.7. The lowest BCUT2D eigenvalue weighted by atomic mass is 10.1. The van der Waals surface area contributed by atoms with E-state index in [1.54, 1.807) is 27.4 Å². The van der Waals surface area contributed by atoms with Crippen molar-refractivity contribution in [3.05, 3.63) is 33.8 Å². The van der Waals surface area contributed by atoms with Gasteiger partial charge in [-0.3, -0.25) is 0 Å². The summed E-state index contributed by atoms with van der Waals surface area (Å²) in [6, 6.07) is 3.69. The molecule has 2 N–H and O–H groups in total. The Morgan fingerprint density at radius 1 is 1.10 bits per heavy atom. The van der Waals surface area contributed by atoms with Crippen LogP contribution < -0.4 is 24.8 Å². The van der Waals surface area contributed by atoms with Gasteiger partial charge in [0.15, 0.2) is 23.2 Å². The van der Waals surface area contributed by atoms with Gasteiger partial charge in [-0.2, -0.15) is 13.2 Å². The monoisotopic (exact) mass is 446 g/mol. The van der Waals surface area contributed by atoms with Gasteiger partial charge in [0.1, 0.15) is 5.01 Å². The average molecular weight is 446 g/mol. The standard InChI is InChI=1S/C19H25F3N4O3S/c1-5-23-18(25-10-15-26-14(11-30-15)19(20,21)22)24-9-8-12-6-7-13(27-2)17(29-4)16(12)28-3/h6-7,11H,5,8-10H2,1-4H3,(H2,23,24,25). The van der Waals surface area contributed by atoms with Gasteiger partial charge in [-0.05, 0) is 19.4 Å². The molecule has 0 fully saturated rings. The van der Waals surface area contributed by atoms with Crippen LogP contribution in [0.5, 0.6) is 17.2 Å². The fourth-order valence-electron chi connectivity index (χ4n) is 2.68. The van der Waals surface area contributed by atoms with Gasteiger partial charge in [-0.1, -0.05) is 6.07 Å². The molecule has 1 aromatic heterocycles. The molecule has 2 rings (SSSR count). The maximum absolute atomic E-state index is 12.7. The van der Waals surface area contributed by atoms with Crippen LogP contribution in [0.3, 0.4) is 0 Å². The summed E-state index contributed by atoms with van der Waals surface area (Å²) in [5, 5.41) is 7.51. The fraction of sp³-hybridized carbons (Fsp3) is 0.474. The van der Waals surface area contributed by atoms with Crippen LogP contribution in [-0.4, -0.2) is 45.4 Å². The van der Waals surface area contributed by atoms with E-state index >= 15 is 0 Å². The molecule has 0 spiro atoms. The van der Waals surface area contributed by atoms with Crippen LogP contribution >= 0.6 is 11.3 Å². The number of nitrogens with one attached hydrogen (secondary N) is 2. The minimum Gasteiger partial charge on any atom is -0.493 e. The van der Waals surface area contributed by atoms with Gasteiger partial charge in [0, 0.05) is 24.0 Å². The van der Waals surface area contributed by atoms with E-state index in [-0.39, 0.29) is 6.54 Å². The summed E-state index contributed by atoms with van der Waals surface area (Å²) in [6.45, 7) is 3.08. The number of hydrogen-bond donors (Lipinski definition) is 2. The zero-order valence-electron chi connectivity index (χ0n) is 17.2. The number of aromatic nitrogens is 1. The number of aliphatic imine (C=N–C) groups is 1. The molecule has 0 bridgehead atoms. The van der Waals surface area contributed by atoms with Crippen molar-refractivity contribution in [2.24, 2.45) is 4.99 Å². The lowest BCUT2D eigenvalue weighted by Gasteiger charge is -2.16. The summed E-state index contributed by atoms with van der Waals surface area (Å²) in [6.07, 6.45) is -3.84. The summed E-state index contributed by atoms with van der Waals surface area (Å²) < 4.78 is 54.1. The van der Waals surface area contributed by atoms with E-state index < -0.39 is 11.9 Å². The molecule has 11 heteroatoms. The van der Waals surface area contributed by atoms with Crippen LogP contribution in [0.15, 0.2) is 22.5 Å². The number of hydrogen-bond acceptors (Lipinski definition) is 6. The molecule has 0 aliphatic carbocycles. The molecule has 166 valence electrons. The SMILES string of the molecule is CCNC(=NCc1nc(C(F)(F)F)cs1)NCCc1ccc(OC)c(OC)c1OC. The van der Waals surface area contributed by atoms with E-state index in [1.165, 1.54) is 0 Å². The Hall–Kier alpha value is -2.69. The minimum absolute atomic E-state index is 0.0513. The van der Waals surface area contributed by atoms with Crippen molar-refractivity contribution in [2.45, 2.75) is 26.1 Å². The van der Waals surface area contributed by atoms with Crippen molar-refractivity contribution in [3.8, 4) is 17.2 Å². The molecule has 0 amide bonds. The van der Waals surface area contributed by atoms with E-state index in [2.05, 4.69) is 20.6 Å². The van der Waals surface area contributed by atoms with Gasteiger partial charge in [0.05, 0.1) is 27.9 Å². The Morgan fingerprint density at radius 3 is 2.40 bits per heavy atom. The molecule has 0 saturated heterocycles. The summed E-state index contributed by atoms with van der Waals surface area (Å²) in [5.41, 5.74) is 0.0180. The maximum Gasteiger partial charge on any atom is 0.434 e. The van der Waals surface area contributed by atoms with Crippen molar-refractivity contribution >= 4 is 17.3 Å². The average Bonchev–Trinajstić information content (AvgIpc) is 3.21. The lowest BCUT2D eigenvalue weighted by Crippen LogP contribution is -2.38. The second kappa shape index (κ2) is 10.9. The number of alkyl halides is 3. The Morgan fingerprint density at radius 2 is 1.83 bits per heavy atom. The number of benzene rings is 1. The third-order valence-corrected chi connectivity index (χ3v) is 4.86. The molecule has 7 nitrogen and oxygen atoms in total. The number of guanidine groups is 1. The van der Waals surface area contributed by atoms with Crippen molar-refractivity contribution < 1.29 is 27.4 Å². The zero-order valence-corrected chi connectivity index (χ0v) is 18.0. The van der Waals surface area contributed by atoms with Crippen LogP contribution in [0.1, 0.15) is 23.2 Å². The van der Waals surface area contributed by atoms with Gasteiger partial charge in [-0.25, -0.2) is 9.98 Å². The zero-order chi connectivity index (χ0) is 22.1. The molecule has 2 aromatic rings. The lowest BCUT2D eigenvalue weighted by molar-refractivity contribution is -0.140. The van der Waals surface area contributed by atoms with Gasteiger partial charge < -0.3 is 24.8 Å². The third kappa shape index (κ3) is 6.15. The predicted octanol–water partition coefficient (Wildman–Crippen LogP) is 3.49. The molecule has 0 radical (unpaired) electrons. The van der Waals surface area contributed by atoms with E-state index in [9.17, 15) is 13.2 Å². The van der Waals surface area contributed by atoms with Crippen LogP contribution in [0.2, 0.25) is 0 Å². The Kier molecular flexibility index (Phi) is 8.58. The Balaban J connectivity index is 2.03. The first-order valence-corrected chi connectivity index (χ1v) is 10.0. The van der Waals surface area contributed by atoms with Crippen molar-refractivity contribution in [1.29, 1.82) is 0 Å². The number of rotatable bonds is 9. The summed E-state index contributed by atoms with van der Waals surface area (Å²) in [5.74, 6) is 2.16. The summed E-state index contributed by atoms with van der Waals surface area (Å²) in [7, 11) is 4.65. The molecule has 0 unspecified atom stereocenters. The Bertz CT molecular complexity index is 856. The van der Waals surface area contributed by atoms with Gasteiger partial charge in [0.2, 0.25) is 5.75 Å². The smallest absolute Gasteiger partial charge is 0.434 e. The van der Waals surface area contributed by atoms with Gasteiger partial charge in [-0.15, -0.1) is 11.3 Å². The molecule has 0 aliphatic rings. The largest absolute Gasteiger partial charge is 0.493 e. The molecule has 1 aromatic carbocycles. The summed E-state index contributed by atoms with van der Waals surface area (Å²) in [4.78, 5) is 7.90. The molecular weight excluding hydrogens is 421 g/mol. The first kappa shape index (κ1) is 23.6.